The summed E-state index contributed by atoms with van der Waals surface area (Å²) in [6.45, 7) is -0.433. The Morgan fingerprint density at radius 1 is 1.32 bits per heavy atom. The molecule has 0 saturated heterocycles. The molecule has 0 fully saturated rings. The Balaban J connectivity index is 3.10. The predicted octanol–water partition coefficient (Wildman–Crippen LogP) is 1.44. The second-order valence-corrected chi connectivity index (χ2v) is 3.33. The first-order valence-corrected chi connectivity index (χ1v) is 5.15. The maximum atomic E-state index is 13.5. The lowest BCUT2D eigenvalue weighted by molar-refractivity contribution is -0.0132. The van der Waals surface area contributed by atoms with Crippen LogP contribution in [-0.2, 0) is 14.2 Å². The second kappa shape index (κ2) is 7.31. The van der Waals surface area contributed by atoms with Crippen molar-refractivity contribution in [3.63, 3.8) is 0 Å². The van der Waals surface area contributed by atoms with Gasteiger partial charge in [-0.25, -0.2) is 9.18 Å². The van der Waals surface area contributed by atoms with Gasteiger partial charge < -0.3 is 18.9 Å². The Morgan fingerprint density at radius 3 is 2.58 bits per heavy atom. The Bertz CT molecular complexity index is 498. The maximum absolute atomic E-state index is 13.5. The molecule has 0 bridgehead atoms. The third kappa shape index (κ3) is 3.91. The molecule has 0 amide bonds. The minimum absolute atomic E-state index is 0.0700. The van der Waals surface area contributed by atoms with E-state index >= 15 is 0 Å². The van der Waals surface area contributed by atoms with E-state index in [4.69, 9.17) is 14.7 Å². The molecule has 0 heterocycles. The van der Waals surface area contributed by atoms with Crippen molar-refractivity contribution in [2.75, 3.05) is 27.8 Å². The van der Waals surface area contributed by atoms with E-state index in [1.807, 2.05) is 0 Å². The number of benzene rings is 1. The van der Waals surface area contributed by atoms with Crippen LogP contribution in [0.3, 0.4) is 0 Å². The monoisotopic (exact) mass is 269 g/mol. The molecule has 19 heavy (non-hydrogen) atoms. The third-order valence-corrected chi connectivity index (χ3v) is 2.05. The number of carbonyl (C=O) groups is 1. The number of hydrogen-bond acceptors (Lipinski definition) is 6. The number of rotatable bonds is 6. The normalized spacial score (nSPS) is 9.79. The molecule has 1 rings (SSSR count). The highest BCUT2D eigenvalue weighted by atomic mass is 19.1. The average molecular weight is 269 g/mol. The summed E-state index contributed by atoms with van der Waals surface area (Å²) in [5.74, 6) is -1.65. The molecule has 6 nitrogen and oxygen atoms in total. The molecule has 0 aliphatic heterocycles. The quantitative estimate of drug-likeness (QED) is 0.574. The van der Waals surface area contributed by atoms with Gasteiger partial charge in [-0.3, -0.25) is 0 Å². The molecule has 7 heteroatoms. The molecule has 0 aliphatic rings. The van der Waals surface area contributed by atoms with Crippen LogP contribution in [0, 0.1) is 17.1 Å². The van der Waals surface area contributed by atoms with E-state index in [1.54, 1.807) is 6.07 Å². The van der Waals surface area contributed by atoms with Gasteiger partial charge in [-0.1, -0.05) is 0 Å². The topological polar surface area (TPSA) is 77.8 Å². The van der Waals surface area contributed by atoms with E-state index in [0.29, 0.717) is 0 Å². The standard InChI is InChI=1S/C12H12FNO5/c1-16-6-18-11-4-10(13)8(5-14)3-9(11)12(15)19-7-17-2/h3-4H,6-7H2,1-2H3. The van der Waals surface area contributed by atoms with Crippen LogP contribution in [0.25, 0.3) is 0 Å². The molecular weight excluding hydrogens is 257 g/mol. The van der Waals surface area contributed by atoms with Crippen LogP contribution in [0.2, 0.25) is 0 Å². The Kier molecular flexibility index (Phi) is 5.73. The van der Waals surface area contributed by atoms with Gasteiger partial charge in [0.05, 0.1) is 5.56 Å². The molecule has 0 saturated carbocycles. The van der Waals surface area contributed by atoms with Crippen molar-refractivity contribution in [3.8, 4) is 11.8 Å². The molecular formula is C12H12FNO5. The van der Waals surface area contributed by atoms with Crippen molar-refractivity contribution < 1.29 is 28.1 Å². The van der Waals surface area contributed by atoms with E-state index in [9.17, 15) is 9.18 Å². The van der Waals surface area contributed by atoms with Gasteiger partial charge in [-0.05, 0) is 6.07 Å². The zero-order valence-corrected chi connectivity index (χ0v) is 10.4. The molecule has 1 aromatic rings. The predicted molar refractivity (Wildman–Crippen MR) is 60.9 cm³/mol. The molecule has 1 aromatic carbocycles. The summed E-state index contributed by atoms with van der Waals surface area (Å²) < 4.78 is 32.5. The van der Waals surface area contributed by atoms with Crippen LogP contribution in [0.4, 0.5) is 4.39 Å². The van der Waals surface area contributed by atoms with Crippen LogP contribution in [-0.4, -0.2) is 33.8 Å². The van der Waals surface area contributed by atoms with Gasteiger partial charge in [-0.2, -0.15) is 5.26 Å². The Hall–Kier alpha value is -2.17. The summed E-state index contributed by atoms with van der Waals surface area (Å²) >= 11 is 0. The smallest absolute Gasteiger partial charge is 0.344 e. The maximum Gasteiger partial charge on any atom is 0.344 e. The molecule has 0 atom stereocenters. The summed E-state index contributed by atoms with van der Waals surface area (Å²) in [4.78, 5) is 11.7. The van der Waals surface area contributed by atoms with E-state index in [1.165, 1.54) is 14.2 Å². The zero-order chi connectivity index (χ0) is 14.3. The van der Waals surface area contributed by atoms with Gasteiger partial charge in [0, 0.05) is 20.3 Å². The Labute approximate surface area is 109 Å². The lowest BCUT2D eigenvalue weighted by Gasteiger charge is -2.11. The molecule has 0 aliphatic carbocycles. The highest BCUT2D eigenvalue weighted by molar-refractivity contribution is 5.93. The number of hydrogen-bond donors (Lipinski definition) is 0. The molecule has 0 N–H and O–H groups in total. The fraction of sp³-hybridized carbons (Fsp3) is 0.333. The van der Waals surface area contributed by atoms with Crippen LogP contribution in [0.5, 0.6) is 5.75 Å². The van der Waals surface area contributed by atoms with Crippen molar-refractivity contribution >= 4 is 5.97 Å². The number of nitrogens with zero attached hydrogens (tertiary/aromatic N) is 1. The number of nitriles is 1. The first-order chi connectivity index (χ1) is 9.13. The second-order valence-electron chi connectivity index (χ2n) is 3.33. The van der Waals surface area contributed by atoms with Gasteiger partial charge >= 0.3 is 5.97 Å². The molecule has 0 spiro atoms. The molecule has 102 valence electrons. The van der Waals surface area contributed by atoms with Crippen molar-refractivity contribution in [1.82, 2.24) is 0 Å². The Morgan fingerprint density at radius 2 is 2.00 bits per heavy atom. The minimum Gasteiger partial charge on any atom is -0.467 e. The highest BCUT2D eigenvalue weighted by Gasteiger charge is 2.18. The van der Waals surface area contributed by atoms with Crippen LogP contribution in [0.15, 0.2) is 12.1 Å². The van der Waals surface area contributed by atoms with E-state index in [-0.39, 0.29) is 30.5 Å². The number of methoxy groups -OCH3 is 2. The van der Waals surface area contributed by atoms with Gasteiger partial charge in [0.15, 0.2) is 13.6 Å². The first-order valence-electron chi connectivity index (χ1n) is 5.15. The minimum atomic E-state index is -0.795. The number of esters is 1. The zero-order valence-electron chi connectivity index (χ0n) is 10.4. The van der Waals surface area contributed by atoms with Gasteiger partial charge in [0.2, 0.25) is 0 Å². The largest absolute Gasteiger partial charge is 0.467 e. The SMILES string of the molecule is COCOC(=O)c1cc(C#N)c(F)cc1OCOC. The van der Waals surface area contributed by atoms with Crippen molar-refractivity contribution in [1.29, 1.82) is 5.26 Å². The highest BCUT2D eigenvalue weighted by Crippen LogP contribution is 2.24. The molecule has 0 aromatic heterocycles. The van der Waals surface area contributed by atoms with Crippen molar-refractivity contribution in [2.24, 2.45) is 0 Å². The van der Waals surface area contributed by atoms with Gasteiger partial charge in [0.1, 0.15) is 23.2 Å². The summed E-state index contributed by atoms with van der Waals surface area (Å²) in [5.41, 5.74) is -0.360. The fourth-order valence-electron chi connectivity index (χ4n) is 1.23. The summed E-state index contributed by atoms with van der Waals surface area (Å²) in [6, 6.07) is 3.61. The van der Waals surface area contributed by atoms with E-state index in [2.05, 4.69) is 9.47 Å². The lowest BCUT2D eigenvalue weighted by Crippen LogP contribution is -2.11. The summed E-state index contributed by atoms with van der Waals surface area (Å²) in [7, 11) is 2.73. The van der Waals surface area contributed by atoms with Crippen LogP contribution >= 0.6 is 0 Å². The summed E-state index contributed by atoms with van der Waals surface area (Å²) in [5, 5.41) is 8.74. The van der Waals surface area contributed by atoms with Gasteiger partial charge in [0.25, 0.3) is 0 Å². The first kappa shape index (κ1) is 14.9. The fourth-order valence-corrected chi connectivity index (χ4v) is 1.23. The van der Waals surface area contributed by atoms with Crippen LogP contribution < -0.4 is 4.74 Å². The van der Waals surface area contributed by atoms with Gasteiger partial charge in [-0.15, -0.1) is 0 Å². The molecule has 0 unspecified atom stereocenters. The van der Waals surface area contributed by atoms with E-state index < -0.39 is 11.8 Å². The lowest BCUT2D eigenvalue weighted by atomic mass is 10.1. The third-order valence-electron chi connectivity index (χ3n) is 2.05. The number of ether oxygens (including phenoxy) is 4. The number of carbonyl (C=O) groups excluding carboxylic acids is 1. The van der Waals surface area contributed by atoms with E-state index in [0.717, 1.165) is 12.1 Å². The van der Waals surface area contributed by atoms with Crippen LogP contribution in [0.1, 0.15) is 15.9 Å². The molecule has 0 radical (unpaired) electrons. The van der Waals surface area contributed by atoms with Crippen molar-refractivity contribution in [2.45, 2.75) is 0 Å². The van der Waals surface area contributed by atoms with Crippen molar-refractivity contribution in [3.05, 3.63) is 29.1 Å². The summed E-state index contributed by atoms with van der Waals surface area (Å²) in [6.07, 6.45) is 0. The number of halogens is 1. The average Bonchev–Trinajstić information content (AvgIpc) is 2.42.